The number of hydrogen-bond acceptors (Lipinski definition) is 4. The minimum Gasteiger partial charge on any atom is -0.382 e. The second-order valence-corrected chi connectivity index (χ2v) is 5.41. The van der Waals surface area contributed by atoms with Crippen LogP contribution in [-0.2, 0) is 4.79 Å². The molecule has 5 nitrogen and oxygen atoms in total. The van der Waals surface area contributed by atoms with E-state index in [-0.39, 0.29) is 18.3 Å². The summed E-state index contributed by atoms with van der Waals surface area (Å²) in [4.78, 5) is 15.7. The van der Waals surface area contributed by atoms with Gasteiger partial charge in [-0.15, -0.1) is 12.4 Å². The molecular weight excluding hydrogens is 300 g/mol. The lowest BCUT2D eigenvalue weighted by atomic mass is 10.0. The van der Waals surface area contributed by atoms with Gasteiger partial charge in [0.25, 0.3) is 0 Å². The Morgan fingerprint density at radius 1 is 1.23 bits per heavy atom. The largest absolute Gasteiger partial charge is 0.382 e. The molecule has 3 rings (SSSR count). The van der Waals surface area contributed by atoms with Gasteiger partial charge in [0.1, 0.15) is 0 Å². The number of halogens is 1. The van der Waals surface area contributed by atoms with Gasteiger partial charge in [0.15, 0.2) is 0 Å². The number of nitrogens with one attached hydrogen (secondary N) is 3. The summed E-state index contributed by atoms with van der Waals surface area (Å²) in [7, 11) is 0. The summed E-state index contributed by atoms with van der Waals surface area (Å²) in [5, 5.41) is 10.9. The highest BCUT2D eigenvalue weighted by Crippen LogP contribution is 2.29. The summed E-state index contributed by atoms with van der Waals surface area (Å²) in [6.07, 6.45) is 3.99. The number of anilines is 2. The molecule has 6 heteroatoms. The molecule has 1 aliphatic rings. The van der Waals surface area contributed by atoms with E-state index < -0.39 is 0 Å². The predicted octanol–water partition coefficient (Wildman–Crippen LogP) is 2.78. The molecule has 1 aliphatic heterocycles. The number of amides is 1. The number of carbonyl (C=O) groups is 1. The van der Waals surface area contributed by atoms with Gasteiger partial charge < -0.3 is 16.0 Å². The second kappa shape index (κ2) is 7.42. The van der Waals surface area contributed by atoms with E-state index in [1.807, 2.05) is 24.3 Å². The topological polar surface area (TPSA) is 66.1 Å². The smallest absolute Gasteiger partial charge is 0.221 e. The molecule has 0 aliphatic carbocycles. The van der Waals surface area contributed by atoms with Gasteiger partial charge >= 0.3 is 0 Å². The number of carbonyl (C=O) groups excluding carboxylic acids is 1. The first-order valence-electron chi connectivity index (χ1n) is 7.36. The Morgan fingerprint density at radius 2 is 1.95 bits per heavy atom. The number of hydrogen-bond donors (Lipinski definition) is 3. The zero-order chi connectivity index (χ0) is 14.7. The van der Waals surface area contributed by atoms with Crippen LogP contribution in [-0.4, -0.2) is 30.0 Å². The second-order valence-electron chi connectivity index (χ2n) is 5.41. The molecule has 0 atom stereocenters. The average Bonchev–Trinajstić information content (AvgIpc) is 2.50. The molecule has 2 heterocycles. The third-order valence-corrected chi connectivity index (χ3v) is 3.78. The minimum atomic E-state index is -0.0824. The van der Waals surface area contributed by atoms with E-state index >= 15 is 0 Å². The standard InChI is InChI=1S/C16H20N4O.ClH/c1-11(21)19-15-5-4-14(13-3-2-8-18-16(13)15)20-12-6-9-17-10-7-12;/h2-5,8,12,17,20H,6-7,9-10H2,1H3,(H,19,21);1H. The van der Waals surface area contributed by atoms with Gasteiger partial charge in [-0.05, 0) is 50.2 Å². The Bertz CT molecular complexity index is 656. The average molecular weight is 321 g/mol. The highest BCUT2D eigenvalue weighted by Gasteiger charge is 2.15. The van der Waals surface area contributed by atoms with Crippen LogP contribution in [0.3, 0.4) is 0 Å². The number of nitrogens with zero attached hydrogens (tertiary/aromatic N) is 1. The molecule has 0 bridgehead atoms. The Hall–Kier alpha value is -1.85. The minimum absolute atomic E-state index is 0. The molecule has 1 saturated heterocycles. The molecule has 0 saturated carbocycles. The molecular formula is C16H21ClN4O. The molecule has 1 aromatic carbocycles. The molecule has 3 N–H and O–H groups in total. The van der Waals surface area contributed by atoms with E-state index in [4.69, 9.17) is 0 Å². The quantitative estimate of drug-likeness (QED) is 0.813. The van der Waals surface area contributed by atoms with Crippen molar-refractivity contribution >= 4 is 40.6 Å². The number of pyridine rings is 1. The maximum atomic E-state index is 11.3. The monoisotopic (exact) mass is 320 g/mol. The van der Waals surface area contributed by atoms with Gasteiger partial charge in [0.05, 0.1) is 11.2 Å². The summed E-state index contributed by atoms with van der Waals surface area (Å²) >= 11 is 0. The molecule has 22 heavy (non-hydrogen) atoms. The van der Waals surface area contributed by atoms with Crippen LogP contribution in [0.5, 0.6) is 0 Å². The van der Waals surface area contributed by atoms with Crippen molar-refractivity contribution in [2.45, 2.75) is 25.8 Å². The van der Waals surface area contributed by atoms with Crippen LogP contribution < -0.4 is 16.0 Å². The lowest BCUT2D eigenvalue weighted by Crippen LogP contribution is -2.35. The molecule has 0 radical (unpaired) electrons. The van der Waals surface area contributed by atoms with Crippen LogP contribution in [0.1, 0.15) is 19.8 Å². The van der Waals surface area contributed by atoms with Crippen LogP contribution in [0, 0.1) is 0 Å². The van der Waals surface area contributed by atoms with Gasteiger partial charge in [0.2, 0.25) is 5.91 Å². The summed E-state index contributed by atoms with van der Waals surface area (Å²) in [6.45, 7) is 3.62. The molecule has 2 aromatic rings. The molecule has 1 aromatic heterocycles. The van der Waals surface area contributed by atoms with Gasteiger partial charge in [0, 0.05) is 30.2 Å². The van der Waals surface area contributed by atoms with Gasteiger partial charge in [-0.2, -0.15) is 0 Å². The number of benzene rings is 1. The summed E-state index contributed by atoms with van der Waals surface area (Å²) in [5.41, 5.74) is 2.67. The van der Waals surface area contributed by atoms with Crippen molar-refractivity contribution in [1.82, 2.24) is 10.3 Å². The van der Waals surface area contributed by atoms with Crippen LogP contribution in [0.2, 0.25) is 0 Å². The molecule has 118 valence electrons. The lowest BCUT2D eigenvalue weighted by molar-refractivity contribution is -0.114. The zero-order valence-corrected chi connectivity index (χ0v) is 13.4. The molecule has 0 unspecified atom stereocenters. The fourth-order valence-corrected chi connectivity index (χ4v) is 2.78. The third-order valence-electron chi connectivity index (χ3n) is 3.78. The van der Waals surface area contributed by atoms with E-state index in [1.54, 1.807) is 6.20 Å². The van der Waals surface area contributed by atoms with E-state index in [0.717, 1.165) is 48.2 Å². The van der Waals surface area contributed by atoms with Crippen molar-refractivity contribution in [2.24, 2.45) is 0 Å². The summed E-state index contributed by atoms with van der Waals surface area (Å²) in [5.74, 6) is -0.0824. The van der Waals surface area contributed by atoms with Crippen LogP contribution in [0.15, 0.2) is 30.5 Å². The highest BCUT2D eigenvalue weighted by molar-refractivity contribution is 6.04. The molecule has 1 amide bonds. The maximum absolute atomic E-state index is 11.3. The van der Waals surface area contributed by atoms with Crippen molar-refractivity contribution in [3.63, 3.8) is 0 Å². The molecule has 1 fully saturated rings. The van der Waals surface area contributed by atoms with E-state index in [0.29, 0.717) is 6.04 Å². The Morgan fingerprint density at radius 3 is 2.68 bits per heavy atom. The highest BCUT2D eigenvalue weighted by atomic mass is 35.5. The SMILES string of the molecule is CC(=O)Nc1ccc(NC2CCNCC2)c2cccnc12.Cl. The Kier molecular flexibility index (Phi) is 5.57. The van der Waals surface area contributed by atoms with Crippen molar-refractivity contribution < 1.29 is 4.79 Å². The van der Waals surface area contributed by atoms with Crippen LogP contribution in [0.25, 0.3) is 10.9 Å². The van der Waals surface area contributed by atoms with Crippen molar-refractivity contribution in [3.05, 3.63) is 30.5 Å². The van der Waals surface area contributed by atoms with Crippen LogP contribution >= 0.6 is 12.4 Å². The fourth-order valence-electron chi connectivity index (χ4n) is 2.78. The van der Waals surface area contributed by atoms with E-state index in [2.05, 4.69) is 20.9 Å². The third kappa shape index (κ3) is 3.67. The van der Waals surface area contributed by atoms with Gasteiger partial charge in [-0.3, -0.25) is 9.78 Å². The Balaban J connectivity index is 0.00000176. The van der Waals surface area contributed by atoms with Crippen molar-refractivity contribution in [3.8, 4) is 0 Å². The lowest BCUT2D eigenvalue weighted by Gasteiger charge is -2.25. The first-order chi connectivity index (χ1) is 10.2. The number of aromatic nitrogens is 1. The van der Waals surface area contributed by atoms with Crippen LogP contribution in [0.4, 0.5) is 11.4 Å². The fraction of sp³-hybridized carbons (Fsp3) is 0.375. The van der Waals surface area contributed by atoms with Crippen molar-refractivity contribution in [2.75, 3.05) is 23.7 Å². The first-order valence-corrected chi connectivity index (χ1v) is 7.36. The first kappa shape index (κ1) is 16.5. The van der Waals surface area contributed by atoms with Gasteiger partial charge in [-0.25, -0.2) is 0 Å². The van der Waals surface area contributed by atoms with E-state index in [9.17, 15) is 4.79 Å². The number of piperidine rings is 1. The predicted molar refractivity (Wildman–Crippen MR) is 92.8 cm³/mol. The Labute approximate surface area is 136 Å². The normalized spacial score (nSPS) is 15.1. The maximum Gasteiger partial charge on any atom is 0.221 e. The number of rotatable bonds is 3. The number of fused-ring (bicyclic) bond motifs is 1. The molecule has 0 spiro atoms. The van der Waals surface area contributed by atoms with E-state index in [1.165, 1.54) is 6.92 Å². The van der Waals surface area contributed by atoms with Crippen molar-refractivity contribution in [1.29, 1.82) is 0 Å². The zero-order valence-electron chi connectivity index (χ0n) is 12.6. The summed E-state index contributed by atoms with van der Waals surface area (Å²) < 4.78 is 0. The summed E-state index contributed by atoms with van der Waals surface area (Å²) in [6, 6.07) is 8.39. The van der Waals surface area contributed by atoms with Gasteiger partial charge in [-0.1, -0.05) is 0 Å².